The summed E-state index contributed by atoms with van der Waals surface area (Å²) in [6.45, 7) is 0.137. The minimum absolute atomic E-state index is 0.0186. The molecular weight excluding hydrogens is 286 g/mol. The van der Waals surface area contributed by atoms with Crippen molar-refractivity contribution < 1.29 is 14.7 Å². The molecule has 0 radical (unpaired) electrons. The van der Waals surface area contributed by atoms with Gasteiger partial charge in [0.2, 0.25) is 5.91 Å². The minimum atomic E-state index is -0.953. The minimum Gasteiger partial charge on any atom is -0.481 e. The monoisotopic (exact) mass is 303 g/mol. The molecule has 1 amide bonds. The molecule has 116 valence electrons. The van der Waals surface area contributed by atoms with Crippen molar-refractivity contribution in [2.75, 3.05) is 13.6 Å². The quantitative estimate of drug-likeness (QED) is 0.863. The summed E-state index contributed by atoms with van der Waals surface area (Å²) in [5.74, 6) is -1.19. The molecule has 22 heavy (non-hydrogen) atoms. The number of aryl methyl sites for hydroxylation is 1. The van der Waals surface area contributed by atoms with Gasteiger partial charge in [0.15, 0.2) is 0 Å². The Bertz CT molecular complexity index is 782. The fraction of sp³-hybridized carbons (Fsp3) is 0.333. The van der Waals surface area contributed by atoms with Gasteiger partial charge in [0.05, 0.1) is 23.9 Å². The lowest BCUT2D eigenvalue weighted by molar-refractivity contribution is -0.138. The van der Waals surface area contributed by atoms with Crippen LogP contribution in [0.3, 0.4) is 0 Å². The van der Waals surface area contributed by atoms with Gasteiger partial charge in [-0.15, -0.1) is 0 Å². The average Bonchev–Trinajstić information content (AvgIpc) is 2.49. The highest BCUT2D eigenvalue weighted by Crippen LogP contribution is 2.14. The van der Waals surface area contributed by atoms with Crippen molar-refractivity contribution in [3.63, 3.8) is 0 Å². The number of hydrogen-bond donors (Lipinski definition) is 1. The zero-order valence-corrected chi connectivity index (χ0v) is 12.4. The number of aromatic nitrogens is 2. The van der Waals surface area contributed by atoms with Crippen LogP contribution in [0.25, 0.3) is 10.8 Å². The van der Waals surface area contributed by atoms with Crippen LogP contribution < -0.4 is 5.56 Å². The van der Waals surface area contributed by atoms with Crippen molar-refractivity contribution in [1.82, 2.24) is 14.7 Å². The summed E-state index contributed by atoms with van der Waals surface area (Å²) in [7, 11) is 3.09. The van der Waals surface area contributed by atoms with Gasteiger partial charge in [0.1, 0.15) is 0 Å². The van der Waals surface area contributed by atoms with Gasteiger partial charge >= 0.3 is 5.97 Å². The number of carbonyl (C=O) groups excluding carboxylic acids is 1. The molecule has 0 fully saturated rings. The fourth-order valence-corrected chi connectivity index (χ4v) is 2.17. The largest absolute Gasteiger partial charge is 0.481 e. The van der Waals surface area contributed by atoms with Crippen molar-refractivity contribution in [3.8, 4) is 0 Å². The number of likely N-dealkylation sites (N-methyl/N-ethyl adjacent to an activating group) is 1. The summed E-state index contributed by atoms with van der Waals surface area (Å²) in [6, 6.07) is 6.99. The molecule has 1 aromatic carbocycles. The molecule has 0 aliphatic heterocycles. The Hall–Kier alpha value is -2.70. The molecule has 0 saturated heterocycles. The van der Waals surface area contributed by atoms with Gasteiger partial charge in [-0.25, -0.2) is 4.68 Å². The van der Waals surface area contributed by atoms with E-state index in [9.17, 15) is 14.4 Å². The van der Waals surface area contributed by atoms with Crippen LogP contribution in [0, 0.1) is 0 Å². The normalized spacial score (nSPS) is 10.6. The first-order valence-corrected chi connectivity index (χ1v) is 6.81. The van der Waals surface area contributed by atoms with Gasteiger partial charge in [0, 0.05) is 26.0 Å². The van der Waals surface area contributed by atoms with E-state index in [1.165, 1.54) is 16.6 Å². The summed E-state index contributed by atoms with van der Waals surface area (Å²) >= 11 is 0. The maximum absolute atomic E-state index is 12.2. The maximum atomic E-state index is 12.2. The standard InChI is InChI=1S/C15H17N3O4/c1-17(8-7-14(20)21)13(19)9-12-10-5-3-4-6-11(10)15(22)18(2)16-12/h3-6H,7-9H2,1-2H3,(H,20,21). The second-order valence-electron chi connectivity index (χ2n) is 5.06. The first-order valence-electron chi connectivity index (χ1n) is 6.81. The van der Waals surface area contributed by atoms with E-state index >= 15 is 0 Å². The first kappa shape index (κ1) is 15.7. The van der Waals surface area contributed by atoms with Gasteiger partial charge in [-0.1, -0.05) is 18.2 Å². The summed E-state index contributed by atoms with van der Waals surface area (Å²) in [4.78, 5) is 36.1. The highest BCUT2D eigenvalue weighted by Gasteiger charge is 2.15. The Labute approximate surface area is 126 Å². The molecule has 2 aromatic rings. The highest BCUT2D eigenvalue weighted by molar-refractivity contribution is 5.88. The highest BCUT2D eigenvalue weighted by atomic mass is 16.4. The number of amides is 1. The van der Waals surface area contributed by atoms with Crippen LogP contribution in [-0.2, 0) is 23.1 Å². The second kappa shape index (κ2) is 6.38. The van der Waals surface area contributed by atoms with E-state index in [0.717, 1.165) is 0 Å². The number of fused-ring (bicyclic) bond motifs is 1. The lowest BCUT2D eigenvalue weighted by atomic mass is 10.1. The molecule has 0 unspecified atom stereocenters. The van der Waals surface area contributed by atoms with E-state index in [4.69, 9.17) is 5.11 Å². The number of carboxylic acids is 1. The predicted molar refractivity (Wildman–Crippen MR) is 80.6 cm³/mol. The Balaban J connectivity index is 2.28. The molecule has 0 bridgehead atoms. The van der Waals surface area contributed by atoms with E-state index in [2.05, 4.69) is 5.10 Å². The van der Waals surface area contributed by atoms with Gasteiger partial charge in [-0.05, 0) is 6.07 Å². The zero-order valence-electron chi connectivity index (χ0n) is 12.4. The summed E-state index contributed by atoms with van der Waals surface area (Å²) in [5, 5.41) is 14.0. The van der Waals surface area contributed by atoms with Crippen molar-refractivity contribution in [2.45, 2.75) is 12.8 Å². The smallest absolute Gasteiger partial charge is 0.305 e. The molecule has 0 atom stereocenters. The third kappa shape index (κ3) is 3.30. The first-order chi connectivity index (χ1) is 10.4. The Morgan fingerprint density at radius 2 is 1.91 bits per heavy atom. The molecule has 1 aromatic heterocycles. The van der Waals surface area contributed by atoms with Crippen LogP contribution in [0.15, 0.2) is 29.1 Å². The van der Waals surface area contributed by atoms with Crippen LogP contribution in [-0.4, -0.2) is 45.3 Å². The molecule has 0 spiro atoms. The zero-order chi connectivity index (χ0) is 16.3. The molecule has 7 heteroatoms. The van der Waals surface area contributed by atoms with Gasteiger partial charge in [-0.3, -0.25) is 14.4 Å². The topological polar surface area (TPSA) is 92.5 Å². The van der Waals surface area contributed by atoms with Crippen molar-refractivity contribution in [2.24, 2.45) is 7.05 Å². The van der Waals surface area contributed by atoms with E-state index in [-0.39, 0.29) is 30.9 Å². The number of carbonyl (C=O) groups is 2. The lowest BCUT2D eigenvalue weighted by Gasteiger charge is -2.16. The van der Waals surface area contributed by atoms with E-state index in [1.54, 1.807) is 31.3 Å². The predicted octanol–water partition coefficient (Wildman–Crippen LogP) is 0.409. The van der Waals surface area contributed by atoms with Crippen LogP contribution in [0.4, 0.5) is 0 Å². The third-order valence-corrected chi connectivity index (χ3v) is 3.44. The average molecular weight is 303 g/mol. The Morgan fingerprint density at radius 3 is 2.55 bits per heavy atom. The van der Waals surface area contributed by atoms with Gasteiger partial charge < -0.3 is 10.0 Å². The Morgan fingerprint density at radius 1 is 1.27 bits per heavy atom. The molecule has 1 heterocycles. The molecule has 0 saturated carbocycles. The molecule has 0 aliphatic rings. The summed E-state index contributed by atoms with van der Waals surface area (Å²) < 4.78 is 1.21. The molecule has 2 rings (SSSR count). The molecular formula is C15H17N3O4. The molecule has 0 aliphatic carbocycles. The Kier molecular flexibility index (Phi) is 4.55. The third-order valence-electron chi connectivity index (χ3n) is 3.44. The van der Waals surface area contributed by atoms with Crippen LogP contribution in [0.1, 0.15) is 12.1 Å². The van der Waals surface area contributed by atoms with Crippen molar-refractivity contribution in [3.05, 3.63) is 40.3 Å². The SMILES string of the molecule is CN(CCC(=O)O)C(=O)Cc1nn(C)c(=O)c2ccccc12. The van der Waals surface area contributed by atoms with Crippen LogP contribution in [0.5, 0.6) is 0 Å². The van der Waals surface area contributed by atoms with E-state index in [0.29, 0.717) is 16.5 Å². The lowest BCUT2D eigenvalue weighted by Crippen LogP contribution is -2.31. The molecule has 1 N–H and O–H groups in total. The van der Waals surface area contributed by atoms with Crippen molar-refractivity contribution in [1.29, 1.82) is 0 Å². The summed E-state index contributed by atoms with van der Waals surface area (Å²) in [5.41, 5.74) is 0.288. The molecule has 7 nitrogen and oxygen atoms in total. The number of aliphatic carboxylic acids is 1. The fourth-order valence-electron chi connectivity index (χ4n) is 2.17. The van der Waals surface area contributed by atoms with Crippen LogP contribution >= 0.6 is 0 Å². The number of nitrogens with zero attached hydrogens (tertiary/aromatic N) is 3. The van der Waals surface area contributed by atoms with Crippen LogP contribution in [0.2, 0.25) is 0 Å². The number of carboxylic acid groups (broad SMARTS) is 1. The van der Waals surface area contributed by atoms with E-state index < -0.39 is 5.97 Å². The van der Waals surface area contributed by atoms with Gasteiger partial charge in [-0.2, -0.15) is 5.10 Å². The summed E-state index contributed by atoms with van der Waals surface area (Å²) in [6.07, 6.45) is -0.0888. The van der Waals surface area contributed by atoms with Gasteiger partial charge in [0.25, 0.3) is 5.56 Å². The number of hydrogen-bond acceptors (Lipinski definition) is 4. The number of benzene rings is 1. The van der Waals surface area contributed by atoms with Crippen molar-refractivity contribution >= 4 is 22.6 Å². The number of rotatable bonds is 5. The van der Waals surface area contributed by atoms with E-state index in [1.807, 2.05) is 0 Å². The maximum Gasteiger partial charge on any atom is 0.305 e. The second-order valence-corrected chi connectivity index (χ2v) is 5.06.